The molecule has 2 aliphatic rings. The predicted molar refractivity (Wildman–Crippen MR) is 100 cm³/mol. The van der Waals surface area contributed by atoms with Gasteiger partial charge in [0.1, 0.15) is 18.1 Å². The van der Waals surface area contributed by atoms with Crippen LogP contribution in [0.4, 0.5) is 4.79 Å². The summed E-state index contributed by atoms with van der Waals surface area (Å²) in [6.45, 7) is 1.21. The molecule has 0 saturated carbocycles. The number of carbonyl (C=O) groups is 1. The first-order valence-corrected chi connectivity index (χ1v) is 9.03. The van der Waals surface area contributed by atoms with Crippen molar-refractivity contribution in [3.05, 3.63) is 66.0 Å². The highest BCUT2D eigenvalue weighted by Crippen LogP contribution is 2.35. The first-order valence-electron chi connectivity index (χ1n) is 9.03. The number of amides is 1. The second kappa shape index (κ2) is 7.80. The normalized spacial score (nSPS) is 21.4. The van der Waals surface area contributed by atoms with Gasteiger partial charge in [0.25, 0.3) is 0 Å². The van der Waals surface area contributed by atoms with Crippen molar-refractivity contribution in [1.29, 1.82) is 0 Å². The van der Waals surface area contributed by atoms with Gasteiger partial charge in [-0.3, -0.25) is 9.88 Å². The van der Waals surface area contributed by atoms with Crippen LogP contribution in [-0.2, 0) is 16.1 Å². The molecule has 2 unspecified atom stereocenters. The lowest BCUT2D eigenvalue weighted by molar-refractivity contribution is -0.0342. The Morgan fingerprint density at radius 2 is 2.07 bits per heavy atom. The van der Waals surface area contributed by atoms with Crippen molar-refractivity contribution in [2.75, 3.05) is 20.3 Å². The topological polar surface area (TPSA) is 60.9 Å². The minimum Gasteiger partial charge on any atom is -0.494 e. The Bertz CT molecular complexity index is 837. The number of methoxy groups -OCH3 is 1. The zero-order valence-electron chi connectivity index (χ0n) is 15.2. The molecular formula is C21H22N2O4. The molecule has 4 rings (SSSR count). The molecule has 1 aromatic carbocycles. The van der Waals surface area contributed by atoms with Gasteiger partial charge >= 0.3 is 6.09 Å². The van der Waals surface area contributed by atoms with Gasteiger partial charge in [0.15, 0.2) is 0 Å². The van der Waals surface area contributed by atoms with E-state index < -0.39 is 0 Å². The molecule has 1 amide bonds. The van der Waals surface area contributed by atoms with Crippen LogP contribution in [0.5, 0.6) is 5.75 Å². The summed E-state index contributed by atoms with van der Waals surface area (Å²) < 4.78 is 16.7. The number of fused-ring (bicyclic) bond motifs is 2. The maximum atomic E-state index is 12.7. The molecule has 1 fully saturated rings. The van der Waals surface area contributed by atoms with Gasteiger partial charge in [-0.1, -0.05) is 36.4 Å². The number of ether oxygens (including phenoxy) is 3. The van der Waals surface area contributed by atoms with Crippen molar-refractivity contribution in [3.8, 4) is 5.75 Å². The average molecular weight is 366 g/mol. The van der Waals surface area contributed by atoms with Gasteiger partial charge in [-0.15, -0.1) is 0 Å². The molecule has 6 nitrogen and oxygen atoms in total. The molecule has 140 valence electrons. The molecule has 0 radical (unpaired) electrons. The number of nitrogens with zero attached hydrogens (tertiary/aromatic N) is 2. The van der Waals surface area contributed by atoms with Crippen LogP contribution < -0.4 is 4.74 Å². The Morgan fingerprint density at radius 1 is 1.22 bits per heavy atom. The van der Waals surface area contributed by atoms with Crippen LogP contribution >= 0.6 is 0 Å². The van der Waals surface area contributed by atoms with Crippen LogP contribution in [-0.4, -0.2) is 48.4 Å². The number of benzene rings is 1. The number of carbonyl (C=O) groups excluding carboxylic acids is 1. The van der Waals surface area contributed by atoms with Gasteiger partial charge < -0.3 is 14.2 Å². The molecule has 2 atom stereocenters. The van der Waals surface area contributed by atoms with Crippen molar-refractivity contribution in [2.45, 2.75) is 25.1 Å². The lowest BCUT2D eigenvalue weighted by Gasteiger charge is -2.43. The van der Waals surface area contributed by atoms with E-state index >= 15 is 0 Å². The largest absolute Gasteiger partial charge is 0.494 e. The molecule has 3 heterocycles. The van der Waals surface area contributed by atoms with E-state index in [1.54, 1.807) is 18.2 Å². The number of hydrogen-bond donors (Lipinski definition) is 0. The average Bonchev–Trinajstić information content (AvgIpc) is 2.71. The Hall–Kier alpha value is -2.86. The van der Waals surface area contributed by atoms with Crippen molar-refractivity contribution in [3.63, 3.8) is 0 Å². The maximum Gasteiger partial charge on any atom is 0.411 e. The number of rotatable bonds is 4. The Kier molecular flexibility index (Phi) is 5.07. The summed E-state index contributed by atoms with van der Waals surface area (Å²) >= 11 is 0. The van der Waals surface area contributed by atoms with Crippen LogP contribution in [0.3, 0.4) is 0 Å². The van der Waals surface area contributed by atoms with E-state index in [1.165, 1.54) is 0 Å². The zero-order valence-corrected chi connectivity index (χ0v) is 15.2. The fraction of sp³-hybridized carbons (Fsp3) is 0.333. The fourth-order valence-corrected chi connectivity index (χ4v) is 3.65. The van der Waals surface area contributed by atoms with Crippen LogP contribution in [0.1, 0.15) is 17.7 Å². The first kappa shape index (κ1) is 17.5. The fourth-order valence-electron chi connectivity index (χ4n) is 3.65. The van der Waals surface area contributed by atoms with Crippen molar-refractivity contribution >= 4 is 11.7 Å². The highest BCUT2D eigenvalue weighted by atomic mass is 16.6. The Balaban J connectivity index is 1.52. The summed E-state index contributed by atoms with van der Waals surface area (Å²) in [5.41, 5.74) is 2.88. The molecule has 27 heavy (non-hydrogen) atoms. The summed E-state index contributed by atoms with van der Waals surface area (Å²) in [6, 6.07) is 13.2. The van der Waals surface area contributed by atoms with Crippen LogP contribution in [0, 0.1) is 0 Å². The quantitative estimate of drug-likeness (QED) is 0.831. The molecule has 2 aromatic rings. The summed E-state index contributed by atoms with van der Waals surface area (Å²) in [4.78, 5) is 19.0. The van der Waals surface area contributed by atoms with Crippen molar-refractivity contribution < 1.29 is 19.0 Å². The minimum atomic E-state index is -0.305. The van der Waals surface area contributed by atoms with E-state index in [1.807, 2.05) is 48.5 Å². The lowest BCUT2D eigenvalue weighted by Crippen LogP contribution is -2.56. The second-order valence-corrected chi connectivity index (χ2v) is 6.66. The first-order chi connectivity index (χ1) is 13.3. The highest BCUT2D eigenvalue weighted by molar-refractivity contribution is 5.75. The van der Waals surface area contributed by atoms with E-state index in [4.69, 9.17) is 14.2 Å². The van der Waals surface area contributed by atoms with Crippen LogP contribution in [0.25, 0.3) is 5.57 Å². The number of aromatic nitrogens is 1. The third-order valence-electron chi connectivity index (χ3n) is 4.91. The maximum absolute atomic E-state index is 12.7. The molecule has 2 aliphatic heterocycles. The monoisotopic (exact) mass is 366 g/mol. The van der Waals surface area contributed by atoms with Gasteiger partial charge in [0, 0.05) is 6.20 Å². The van der Waals surface area contributed by atoms with E-state index in [0.717, 1.165) is 22.6 Å². The predicted octanol–water partition coefficient (Wildman–Crippen LogP) is 3.28. The molecule has 0 aliphatic carbocycles. The van der Waals surface area contributed by atoms with Crippen LogP contribution in [0.2, 0.25) is 0 Å². The summed E-state index contributed by atoms with van der Waals surface area (Å²) in [5.74, 6) is 0.739. The second-order valence-electron chi connectivity index (χ2n) is 6.66. The van der Waals surface area contributed by atoms with Crippen molar-refractivity contribution in [1.82, 2.24) is 9.88 Å². The summed E-state index contributed by atoms with van der Waals surface area (Å²) in [5, 5.41) is 0. The third-order valence-corrected chi connectivity index (χ3v) is 4.91. The van der Waals surface area contributed by atoms with Gasteiger partial charge in [0.05, 0.1) is 32.4 Å². The molecule has 1 aromatic heterocycles. The van der Waals surface area contributed by atoms with Gasteiger partial charge in [-0.2, -0.15) is 0 Å². The van der Waals surface area contributed by atoms with Gasteiger partial charge in [-0.05, 0) is 29.7 Å². The summed E-state index contributed by atoms with van der Waals surface area (Å²) in [7, 11) is 1.64. The molecular weight excluding hydrogens is 344 g/mol. The van der Waals surface area contributed by atoms with E-state index in [-0.39, 0.29) is 24.8 Å². The molecule has 2 bridgehead atoms. The molecule has 0 spiro atoms. The Morgan fingerprint density at radius 3 is 2.85 bits per heavy atom. The molecule has 0 N–H and O–H groups in total. The lowest BCUT2D eigenvalue weighted by atomic mass is 9.92. The standard InChI is InChI=1S/C21H22N2O4/c1-25-19-8-5-9-22-20(19)16-10-17-13-26-14-18(11-16)23(17)21(24)27-12-15-6-3-2-4-7-15/h2-10,17-18H,11-14H2,1H3. The summed E-state index contributed by atoms with van der Waals surface area (Å²) in [6.07, 6.45) is 4.15. The number of hydrogen-bond acceptors (Lipinski definition) is 5. The number of morpholine rings is 1. The molecule has 1 saturated heterocycles. The SMILES string of the molecule is COc1cccnc1C1=CC2COCC(C1)N2C(=O)OCc1ccccc1. The van der Waals surface area contributed by atoms with Crippen molar-refractivity contribution in [2.24, 2.45) is 0 Å². The highest BCUT2D eigenvalue weighted by Gasteiger charge is 2.39. The molecule has 6 heteroatoms. The minimum absolute atomic E-state index is 0.0706. The van der Waals surface area contributed by atoms with Gasteiger partial charge in [0.2, 0.25) is 0 Å². The van der Waals surface area contributed by atoms with E-state index in [0.29, 0.717) is 19.6 Å². The third kappa shape index (κ3) is 3.66. The van der Waals surface area contributed by atoms with E-state index in [2.05, 4.69) is 4.98 Å². The smallest absolute Gasteiger partial charge is 0.411 e. The van der Waals surface area contributed by atoms with E-state index in [9.17, 15) is 4.79 Å². The number of pyridine rings is 1. The van der Waals surface area contributed by atoms with Gasteiger partial charge in [-0.25, -0.2) is 4.79 Å². The zero-order chi connectivity index (χ0) is 18.6. The Labute approximate surface area is 158 Å². The van der Waals surface area contributed by atoms with Crippen LogP contribution in [0.15, 0.2) is 54.7 Å².